The number of halogens is 2. The largest absolute Gasteiger partial charge is 0.357 e. The molecule has 2 heterocycles. The van der Waals surface area contributed by atoms with Gasteiger partial charge in [0.05, 0.1) is 18.8 Å². The van der Waals surface area contributed by atoms with Crippen LogP contribution in [0, 0.1) is 13.8 Å². The van der Waals surface area contributed by atoms with Gasteiger partial charge >= 0.3 is 0 Å². The molecular formula is C19H25ClIN7O. The fraction of sp³-hybridized carbons (Fsp3) is 0.368. The highest BCUT2D eigenvalue weighted by molar-refractivity contribution is 14.0. The van der Waals surface area contributed by atoms with Gasteiger partial charge in [0.15, 0.2) is 5.96 Å². The minimum Gasteiger partial charge on any atom is -0.357 e. The zero-order valence-corrected chi connectivity index (χ0v) is 19.9. The van der Waals surface area contributed by atoms with Gasteiger partial charge in [-0.3, -0.25) is 4.68 Å². The van der Waals surface area contributed by atoms with E-state index in [1.54, 1.807) is 12.1 Å². The molecule has 0 fully saturated rings. The fourth-order valence-corrected chi connectivity index (χ4v) is 2.97. The Morgan fingerprint density at radius 1 is 1.28 bits per heavy atom. The zero-order valence-electron chi connectivity index (χ0n) is 16.9. The lowest BCUT2D eigenvalue weighted by molar-refractivity contribution is 0.375. The van der Waals surface area contributed by atoms with Crippen LogP contribution in [0.5, 0.6) is 0 Å². The molecule has 0 aliphatic carbocycles. The first-order valence-electron chi connectivity index (χ1n) is 9.07. The maximum absolute atomic E-state index is 6.02. The van der Waals surface area contributed by atoms with E-state index >= 15 is 0 Å². The van der Waals surface area contributed by atoms with Crippen molar-refractivity contribution in [2.45, 2.75) is 33.9 Å². The Hall–Kier alpha value is -2.14. The second-order valence-corrected chi connectivity index (χ2v) is 6.78. The molecule has 0 spiro atoms. The van der Waals surface area contributed by atoms with Crippen molar-refractivity contribution in [3.63, 3.8) is 0 Å². The van der Waals surface area contributed by atoms with Crippen LogP contribution in [-0.2, 0) is 20.1 Å². The third kappa shape index (κ3) is 5.92. The molecule has 0 saturated carbocycles. The van der Waals surface area contributed by atoms with Crippen LogP contribution in [0.3, 0.4) is 0 Å². The van der Waals surface area contributed by atoms with Gasteiger partial charge in [-0.25, -0.2) is 4.99 Å². The molecule has 0 atom stereocenters. The number of rotatable bonds is 6. The first kappa shape index (κ1) is 23.1. The van der Waals surface area contributed by atoms with Gasteiger partial charge in [-0.2, -0.15) is 10.1 Å². The minimum absolute atomic E-state index is 0. The molecule has 0 radical (unpaired) electrons. The van der Waals surface area contributed by atoms with Crippen LogP contribution in [0.25, 0.3) is 11.4 Å². The van der Waals surface area contributed by atoms with E-state index in [2.05, 4.69) is 30.9 Å². The Balaban J connectivity index is 0.00000300. The van der Waals surface area contributed by atoms with E-state index < -0.39 is 0 Å². The molecule has 156 valence electrons. The molecule has 0 unspecified atom stereocenters. The molecule has 0 amide bonds. The summed E-state index contributed by atoms with van der Waals surface area (Å²) in [6, 6.07) is 7.34. The number of hydrogen-bond acceptors (Lipinski definition) is 5. The number of hydrogen-bond donors (Lipinski definition) is 2. The third-order valence-corrected chi connectivity index (χ3v) is 4.59. The first-order chi connectivity index (χ1) is 13.5. The SMILES string of the molecule is CCNC(=NCc1c(C)nn(C)c1C)NCc1nc(-c2cccc(Cl)c2)no1.I. The van der Waals surface area contributed by atoms with E-state index in [0.717, 1.165) is 29.1 Å². The lowest BCUT2D eigenvalue weighted by atomic mass is 10.2. The van der Waals surface area contributed by atoms with Crippen LogP contribution < -0.4 is 10.6 Å². The highest BCUT2D eigenvalue weighted by atomic mass is 127. The average molecular weight is 530 g/mol. The molecule has 10 heteroatoms. The Morgan fingerprint density at radius 3 is 2.72 bits per heavy atom. The van der Waals surface area contributed by atoms with Gasteiger partial charge in [0.25, 0.3) is 0 Å². The number of nitrogens with one attached hydrogen (secondary N) is 2. The van der Waals surface area contributed by atoms with Gasteiger partial charge < -0.3 is 15.2 Å². The fourth-order valence-electron chi connectivity index (χ4n) is 2.78. The molecule has 29 heavy (non-hydrogen) atoms. The van der Waals surface area contributed by atoms with Crippen LogP contribution in [-0.4, -0.2) is 32.4 Å². The maximum atomic E-state index is 6.02. The summed E-state index contributed by atoms with van der Waals surface area (Å²) in [4.78, 5) is 9.05. The molecule has 0 saturated heterocycles. The number of guanidine groups is 1. The standard InChI is InChI=1S/C19H24ClN7O.HI/c1-5-21-19(22-10-16-12(2)25-27(4)13(16)3)23-11-17-24-18(26-28-17)14-7-6-8-15(20)9-14;/h6-9H,5,10-11H2,1-4H3,(H2,21,22,23);1H. The quantitative estimate of drug-likeness (QED) is 0.288. The summed E-state index contributed by atoms with van der Waals surface area (Å²) in [5, 5.41) is 15.5. The van der Waals surface area contributed by atoms with Crippen LogP contribution in [0.15, 0.2) is 33.8 Å². The van der Waals surface area contributed by atoms with Gasteiger partial charge in [0.1, 0.15) is 0 Å². The van der Waals surface area contributed by atoms with E-state index in [-0.39, 0.29) is 24.0 Å². The number of benzene rings is 1. The van der Waals surface area contributed by atoms with Crippen molar-refractivity contribution < 1.29 is 4.52 Å². The van der Waals surface area contributed by atoms with Crippen LogP contribution in [0.1, 0.15) is 29.8 Å². The summed E-state index contributed by atoms with van der Waals surface area (Å²) in [5.41, 5.74) is 4.04. The van der Waals surface area contributed by atoms with Gasteiger partial charge in [0, 0.05) is 35.4 Å². The van der Waals surface area contributed by atoms with Crippen molar-refractivity contribution in [2.24, 2.45) is 12.0 Å². The molecule has 2 aromatic heterocycles. The summed E-state index contributed by atoms with van der Waals surface area (Å²) < 4.78 is 7.20. The Bertz CT molecular complexity index is 983. The second kappa shape index (κ2) is 10.6. The van der Waals surface area contributed by atoms with Crippen molar-refractivity contribution in [1.29, 1.82) is 0 Å². The number of aromatic nitrogens is 4. The lowest BCUT2D eigenvalue weighted by Crippen LogP contribution is -2.36. The zero-order chi connectivity index (χ0) is 20.1. The topological polar surface area (TPSA) is 93.2 Å². The van der Waals surface area contributed by atoms with Crippen LogP contribution in [0.4, 0.5) is 0 Å². The number of nitrogens with zero attached hydrogens (tertiary/aromatic N) is 5. The van der Waals surface area contributed by atoms with Crippen molar-refractivity contribution >= 4 is 41.5 Å². The van der Waals surface area contributed by atoms with E-state index in [0.29, 0.717) is 35.8 Å². The molecule has 8 nitrogen and oxygen atoms in total. The highest BCUT2D eigenvalue weighted by Crippen LogP contribution is 2.19. The van der Waals surface area contributed by atoms with E-state index in [1.807, 2.05) is 44.6 Å². The second-order valence-electron chi connectivity index (χ2n) is 6.34. The molecule has 0 bridgehead atoms. The van der Waals surface area contributed by atoms with Gasteiger partial charge in [-0.05, 0) is 32.9 Å². The van der Waals surface area contributed by atoms with Crippen molar-refractivity contribution in [3.8, 4) is 11.4 Å². The van der Waals surface area contributed by atoms with E-state index in [1.165, 1.54) is 0 Å². The van der Waals surface area contributed by atoms with Gasteiger partial charge in [-0.15, -0.1) is 24.0 Å². The number of aryl methyl sites for hydroxylation is 2. The molecule has 0 aliphatic heterocycles. The third-order valence-electron chi connectivity index (χ3n) is 4.36. The van der Waals surface area contributed by atoms with Crippen LogP contribution >= 0.6 is 35.6 Å². The molecule has 0 aliphatic rings. The predicted molar refractivity (Wildman–Crippen MR) is 124 cm³/mol. The number of aliphatic imine (C=N–C) groups is 1. The van der Waals surface area contributed by atoms with Gasteiger partial charge in [0.2, 0.25) is 11.7 Å². The lowest BCUT2D eigenvalue weighted by Gasteiger charge is -2.09. The Kier molecular flexibility index (Phi) is 8.45. The summed E-state index contributed by atoms with van der Waals surface area (Å²) in [6.45, 7) is 7.70. The molecule has 3 rings (SSSR count). The highest BCUT2D eigenvalue weighted by Gasteiger charge is 2.11. The first-order valence-corrected chi connectivity index (χ1v) is 9.45. The monoisotopic (exact) mass is 529 g/mol. The minimum atomic E-state index is 0. The van der Waals surface area contributed by atoms with E-state index in [4.69, 9.17) is 16.1 Å². The summed E-state index contributed by atoms with van der Waals surface area (Å²) in [6.07, 6.45) is 0. The molecule has 2 N–H and O–H groups in total. The smallest absolute Gasteiger partial charge is 0.246 e. The predicted octanol–water partition coefficient (Wildman–Crippen LogP) is 3.61. The summed E-state index contributed by atoms with van der Waals surface area (Å²) >= 11 is 6.02. The van der Waals surface area contributed by atoms with E-state index in [9.17, 15) is 0 Å². The Morgan fingerprint density at radius 2 is 2.07 bits per heavy atom. The molecule has 3 aromatic rings. The van der Waals surface area contributed by atoms with Crippen LogP contribution in [0.2, 0.25) is 5.02 Å². The average Bonchev–Trinajstić information content (AvgIpc) is 3.23. The van der Waals surface area contributed by atoms with Crippen molar-refractivity contribution in [3.05, 3.63) is 52.1 Å². The van der Waals surface area contributed by atoms with Gasteiger partial charge in [-0.1, -0.05) is 28.9 Å². The maximum Gasteiger partial charge on any atom is 0.246 e. The Labute approximate surface area is 192 Å². The van der Waals surface area contributed by atoms with Crippen molar-refractivity contribution in [2.75, 3.05) is 6.54 Å². The molecular weight excluding hydrogens is 505 g/mol. The normalized spacial score (nSPS) is 11.3. The summed E-state index contributed by atoms with van der Waals surface area (Å²) in [5.74, 6) is 1.64. The molecule has 1 aromatic carbocycles. The summed E-state index contributed by atoms with van der Waals surface area (Å²) in [7, 11) is 1.94. The van der Waals surface area contributed by atoms with Crippen molar-refractivity contribution in [1.82, 2.24) is 30.6 Å².